The van der Waals surface area contributed by atoms with E-state index in [1.54, 1.807) is 0 Å². The third-order valence-electron chi connectivity index (χ3n) is 1.20. The highest BCUT2D eigenvalue weighted by Crippen LogP contribution is 2.57. The number of likely N-dealkylation sites (N-methyl/N-ethyl adjacent to an activating group) is 1. The van der Waals surface area contributed by atoms with Crippen molar-refractivity contribution in [3.8, 4) is 0 Å². The van der Waals surface area contributed by atoms with E-state index in [2.05, 4.69) is 8.83 Å². The second-order valence-electron chi connectivity index (χ2n) is 2.75. The summed E-state index contributed by atoms with van der Waals surface area (Å²) in [7, 11) is -9.26. The molecule has 0 amide bonds. The summed E-state index contributed by atoms with van der Waals surface area (Å²) in [6.45, 7) is -0.662. The molecule has 0 bridgehead atoms. The zero-order valence-corrected chi connectivity index (χ0v) is 10.3. The van der Waals surface area contributed by atoms with Crippen LogP contribution in [-0.4, -0.2) is 45.1 Å². The molecule has 0 aliphatic heterocycles. The SMILES string of the molecule is CN(CC(=O)OP(=O)(O)OP(=O)(O)O)C(=N)N. The van der Waals surface area contributed by atoms with Crippen molar-refractivity contribution in [1.82, 2.24) is 4.90 Å². The largest absolute Gasteiger partial charge is 0.538 e. The van der Waals surface area contributed by atoms with Crippen LogP contribution in [0.5, 0.6) is 0 Å². The van der Waals surface area contributed by atoms with Crippen LogP contribution in [0.1, 0.15) is 0 Å². The van der Waals surface area contributed by atoms with E-state index in [1.165, 1.54) is 7.05 Å². The number of nitrogens with zero attached hydrogens (tertiary/aromatic N) is 1. The number of rotatable bonds is 5. The molecule has 0 aromatic heterocycles. The number of nitrogens with two attached hydrogens (primary N) is 1. The number of phosphoric ester groups is 1. The molecule has 0 aliphatic carbocycles. The Bertz CT molecular complexity index is 404. The summed E-state index contributed by atoms with van der Waals surface area (Å²) in [5.41, 5.74) is 4.96. The Morgan fingerprint density at radius 2 is 1.88 bits per heavy atom. The lowest BCUT2D eigenvalue weighted by Gasteiger charge is -2.16. The number of phosphoric acid groups is 2. The molecule has 0 rings (SSSR count). The zero-order chi connectivity index (χ0) is 13.9. The van der Waals surface area contributed by atoms with E-state index >= 15 is 0 Å². The van der Waals surface area contributed by atoms with Gasteiger partial charge in [-0.1, -0.05) is 0 Å². The maximum absolute atomic E-state index is 11.0. The summed E-state index contributed by atoms with van der Waals surface area (Å²) in [5, 5.41) is 6.88. The summed E-state index contributed by atoms with van der Waals surface area (Å²) in [5.74, 6) is -1.85. The Labute approximate surface area is 95.5 Å². The van der Waals surface area contributed by atoms with Crippen LogP contribution in [0.15, 0.2) is 0 Å². The molecule has 0 aromatic rings. The van der Waals surface area contributed by atoms with Gasteiger partial charge in [-0.15, -0.1) is 0 Å². The Morgan fingerprint density at radius 3 is 2.24 bits per heavy atom. The van der Waals surface area contributed by atoms with Crippen molar-refractivity contribution in [2.45, 2.75) is 0 Å². The second-order valence-corrected chi connectivity index (χ2v) is 5.50. The van der Waals surface area contributed by atoms with Crippen LogP contribution in [0, 0.1) is 5.41 Å². The Hall–Kier alpha value is -0.960. The molecule has 17 heavy (non-hydrogen) atoms. The highest BCUT2D eigenvalue weighted by molar-refractivity contribution is 7.61. The van der Waals surface area contributed by atoms with Crippen molar-refractivity contribution in [3.05, 3.63) is 0 Å². The molecule has 0 fully saturated rings. The molecule has 13 heteroatoms. The monoisotopic (exact) mass is 291 g/mol. The molecule has 0 spiro atoms. The normalized spacial score (nSPS) is 14.8. The number of nitrogens with one attached hydrogen (secondary N) is 1. The predicted octanol–water partition coefficient (Wildman–Crippen LogP) is -1.44. The Kier molecular flexibility index (Phi) is 5.27. The number of hydrogen-bond donors (Lipinski definition) is 5. The molecule has 0 saturated heterocycles. The van der Waals surface area contributed by atoms with E-state index in [-0.39, 0.29) is 0 Å². The van der Waals surface area contributed by atoms with Crippen LogP contribution in [0.4, 0.5) is 0 Å². The van der Waals surface area contributed by atoms with Gasteiger partial charge in [0.2, 0.25) is 0 Å². The molecule has 0 saturated carbocycles. The fraction of sp³-hybridized carbons (Fsp3) is 0.500. The van der Waals surface area contributed by atoms with Crippen molar-refractivity contribution in [2.75, 3.05) is 13.6 Å². The van der Waals surface area contributed by atoms with Crippen LogP contribution in [0.3, 0.4) is 0 Å². The average molecular weight is 291 g/mol. The Morgan fingerprint density at radius 1 is 1.41 bits per heavy atom. The molecule has 0 aromatic carbocycles. The maximum Gasteiger partial charge on any atom is 0.538 e. The van der Waals surface area contributed by atoms with Gasteiger partial charge in [0.25, 0.3) is 0 Å². The molecular weight excluding hydrogens is 280 g/mol. The van der Waals surface area contributed by atoms with E-state index in [9.17, 15) is 13.9 Å². The number of carbonyl (C=O) groups is 1. The van der Waals surface area contributed by atoms with Crippen molar-refractivity contribution in [1.29, 1.82) is 5.41 Å². The number of guanidine groups is 1. The van der Waals surface area contributed by atoms with Crippen LogP contribution < -0.4 is 5.73 Å². The van der Waals surface area contributed by atoms with Crippen molar-refractivity contribution < 1.29 is 37.4 Å². The molecule has 100 valence electrons. The molecule has 6 N–H and O–H groups in total. The van der Waals surface area contributed by atoms with Gasteiger partial charge in [0.1, 0.15) is 6.54 Å². The van der Waals surface area contributed by atoms with Crippen molar-refractivity contribution >= 4 is 27.6 Å². The van der Waals surface area contributed by atoms with E-state index in [1.807, 2.05) is 0 Å². The molecule has 0 radical (unpaired) electrons. The van der Waals surface area contributed by atoms with E-state index in [4.69, 9.17) is 25.8 Å². The van der Waals surface area contributed by atoms with Crippen LogP contribution in [-0.2, 0) is 22.8 Å². The first-order valence-electron chi connectivity index (χ1n) is 3.80. The van der Waals surface area contributed by atoms with E-state index in [0.717, 1.165) is 4.90 Å². The van der Waals surface area contributed by atoms with E-state index in [0.29, 0.717) is 0 Å². The van der Waals surface area contributed by atoms with Gasteiger partial charge >= 0.3 is 21.6 Å². The van der Waals surface area contributed by atoms with Crippen LogP contribution in [0.2, 0.25) is 0 Å². The van der Waals surface area contributed by atoms with Gasteiger partial charge in [0.15, 0.2) is 5.96 Å². The number of carbonyl (C=O) groups excluding carboxylic acids is 1. The number of hydrogen-bond acceptors (Lipinski definition) is 6. The van der Waals surface area contributed by atoms with Crippen molar-refractivity contribution in [2.24, 2.45) is 5.73 Å². The molecule has 1 atom stereocenters. The lowest BCUT2D eigenvalue weighted by atomic mass is 10.6. The minimum Gasteiger partial charge on any atom is -0.370 e. The molecule has 11 nitrogen and oxygen atoms in total. The van der Waals surface area contributed by atoms with E-state index < -0.39 is 34.1 Å². The summed E-state index contributed by atoms with van der Waals surface area (Å²) < 4.78 is 28.3. The molecule has 0 aliphatic rings. The van der Waals surface area contributed by atoms with Crippen LogP contribution in [0.25, 0.3) is 0 Å². The van der Waals surface area contributed by atoms with Gasteiger partial charge < -0.3 is 24.9 Å². The van der Waals surface area contributed by atoms with Crippen LogP contribution >= 0.6 is 15.6 Å². The minimum atomic E-state index is -5.27. The quantitative estimate of drug-likeness (QED) is 0.228. The maximum atomic E-state index is 11.0. The standard InChI is InChI=1S/C4H11N3O8P2/c1-7(4(5)6)2-3(8)14-17(12,13)15-16(9,10)11/h2H2,1H3,(H3,5,6)(H,12,13)(H2,9,10,11). The second kappa shape index (κ2) is 5.58. The fourth-order valence-corrected chi connectivity index (χ4v) is 2.11. The zero-order valence-electron chi connectivity index (χ0n) is 8.51. The highest BCUT2D eigenvalue weighted by Gasteiger charge is 2.35. The lowest BCUT2D eigenvalue weighted by Crippen LogP contribution is -2.37. The van der Waals surface area contributed by atoms with Gasteiger partial charge in [-0.2, -0.15) is 4.31 Å². The third kappa shape index (κ3) is 7.86. The van der Waals surface area contributed by atoms with Gasteiger partial charge in [0, 0.05) is 7.05 Å². The van der Waals surface area contributed by atoms with Crippen molar-refractivity contribution in [3.63, 3.8) is 0 Å². The summed E-state index contributed by atoms with van der Waals surface area (Å²) in [6, 6.07) is 0. The third-order valence-corrected chi connectivity index (χ3v) is 3.31. The predicted molar refractivity (Wildman–Crippen MR) is 53.6 cm³/mol. The van der Waals surface area contributed by atoms with Gasteiger partial charge in [-0.05, 0) is 0 Å². The fourth-order valence-electron chi connectivity index (χ4n) is 0.587. The molecular formula is C4H11N3O8P2. The lowest BCUT2D eigenvalue weighted by molar-refractivity contribution is -0.135. The summed E-state index contributed by atoms with van der Waals surface area (Å²) >= 11 is 0. The smallest absolute Gasteiger partial charge is 0.370 e. The first-order valence-corrected chi connectivity index (χ1v) is 6.83. The minimum absolute atomic E-state index is 0.509. The molecule has 0 heterocycles. The van der Waals surface area contributed by atoms with Gasteiger partial charge in [0.05, 0.1) is 0 Å². The topological polar surface area (TPSA) is 183 Å². The Balaban J connectivity index is 4.43. The summed E-state index contributed by atoms with van der Waals surface area (Å²) in [6.07, 6.45) is 0. The first kappa shape index (κ1) is 16.0. The first-order chi connectivity index (χ1) is 7.43. The average Bonchev–Trinajstić information content (AvgIpc) is 1.96. The highest BCUT2D eigenvalue weighted by atomic mass is 31.3. The van der Waals surface area contributed by atoms with Gasteiger partial charge in [-0.25, -0.2) is 13.9 Å². The summed E-state index contributed by atoms with van der Waals surface area (Å²) in [4.78, 5) is 37.1. The van der Waals surface area contributed by atoms with Gasteiger partial charge in [-0.3, -0.25) is 10.3 Å². The molecule has 1 unspecified atom stereocenters.